The molecule has 0 aliphatic heterocycles. The molecule has 146 valence electrons. The number of benzene rings is 1. The molecule has 0 radical (unpaired) electrons. The van der Waals surface area contributed by atoms with Gasteiger partial charge in [-0.2, -0.15) is 0 Å². The van der Waals surface area contributed by atoms with Gasteiger partial charge in [-0.15, -0.1) is 0 Å². The van der Waals surface area contributed by atoms with E-state index in [1.54, 1.807) is 40.9 Å². The number of hydrogen-bond acceptors (Lipinski definition) is 3. The molecule has 0 saturated carbocycles. The first-order valence-corrected chi connectivity index (χ1v) is 9.57. The number of imidazole rings is 1. The van der Waals surface area contributed by atoms with Crippen molar-refractivity contribution in [1.29, 1.82) is 0 Å². The van der Waals surface area contributed by atoms with Gasteiger partial charge >= 0.3 is 0 Å². The van der Waals surface area contributed by atoms with Crippen LogP contribution in [0, 0.1) is 12.8 Å². The van der Waals surface area contributed by atoms with E-state index >= 15 is 0 Å². The Hall–Kier alpha value is -2.86. The summed E-state index contributed by atoms with van der Waals surface area (Å²) in [5.41, 5.74) is 2.26. The molecule has 2 N–H and O–H groups in total. The summed E-state index contributed by atoms with van der Waals surface area (Å²) in [6, 6.07) is 10.6. The van der Waals surface area contributed by atoms with Crippen LogP contribution < -0.4 is 10.6 Å². The Labute approximate surface area is 168 Å². The van der Waals surface area contributed by atoms with Crippen molar-refractivity contribution in [2.45, 2.75) is 27.2 Å². The fraction of sp³-hybridized carbons (Fsp3) is 0.286. The van der Waals surface area contributed by atoms with E-state index in [4.69, 9.17) is 11.6 Å². The highest BCUT2D eigenvalue weighted by Crippen LogP contribution is 2.21. The van der Waals surface area contributed by atoms with Gasteiger partial charge in [-0.1, -0.05) is 31.5 Å². The molecule has 2 heterocycles. The second-order valence-corrected chi connectivity index (χ2v) is 7.53. The number of amides is 2. The van der Waals surface area contributed by atoms with Crippen LogP contribution in [-0.2, 0) is 0 Å². The van der Waals surface area contributed by atoms with E-state index in [1.807, 2.05) is 13.0 Å². The first kappa shape index (κ1) is 19.9. The molecule has 0 aliphatic carbocycles. The summed E-state index contributed by atoms with van der Waals surface area (Å²) >= 11 is 5.98. The fourth-order valence-electron chi connectivity index (χ4n) is 2.87. The molecule has 28 heavy (non-hydrogen) atoms. The van der Waals surface area contributed by atoms with Crippen molar-refractivity contribution in [2.75, 3.05) is 11.9 Å². The predicted molar refractivity (Wildman–Crippen MR) is 111 cm³/mol. The summed E-state index contributed by atoms with van der Waals surface area (Å²) in [5.74, 6) is -0.00228. The zero-order valence-electron chi connectivity index (χ0n) is 16.1. The number of aromatic nitrogens is 2. The van der Waals surface area contributed by atoms with Gasteiger partial charge in [0.05, 0.1) is 5.52 Å². The number of nitrogens with one attached hydrogen (secondary N) is 2. The first-order valence-electron chi connectivity index (χ1n) is 9.19. The Kier molecular flexibility index (Phi) is 5.99. The van der Waals surface area contributed by atoms with Crippen LogP contribution >= 0.6 is 11.6 Å². The second-order valence-electron chi connectivity index (χ2n) is 7.09. The summed E-state index contributed by atoms with van der Waals surface area (Å²) in [7, 11) is 0. The monoisotopic (exact) mass is 398 g/mol. The van der Waals surface area contributed by atoms with Crippen molar-refractivity contribution in [3.63, 3.8) is 0 Å². The van der Waals surface area contributed by atoms with E-state index < -0.39 is 0 Å². The largest absolute Gasteiger partial charge is 0.349 e. The maximum absolute atomic E-state index is 12.9. The van der Waals surface area contributed by atoms with E-state index in [2.05, 4.69) is 29.5 Å². The van der Waals surface area contributed by atoms with Gasteiger partial charge in [0.2, 0.25) is 5.82 Å². The molecule has 2 aromatic heterocycles. The maximum Gasteiger partial charge on any atom is 0.287 e. The number of hydrogen-bond donors (Lipinski definition) is 2. The van der Waals surface area contributed by atoms with Crippen LogP contribution in [0.1, 0.15) is 46.9 Å². The van der Waals surface area contributed by atoms with Crippen molar-refractivity contribution in [3.8, 4) is 0 Å². The molecular formula is C21H23ClN4O2. The maximum atomic E-state index is 12.9. The number of halogens is 1. The summed E-state index contributed by atoms with van der Waals surface area (Å²) < 4.78 is 1.63. The molecule has 1 aromatic carbocycles. The van der Waals surface area contributed by atoms with E-state index in [9.17, 15) is 9.59 Å². The quantitative estimate of drug-likeness (QED) is 0.649. The number of carbonyl (C=O) groups is 2. The van der Waals surface area contributed by atoms with Crippen LogP contribution in [0.3, 0.4) is 0 Å². The van der Waals surface area contributed by atoms with Gasteiger partial charge < -0.3 is 10.6 Å². The van der Waals surface area contributed by atoms with Crippen LogP contribution in [0.2, 0.25) is 5.02 Å². The zero-order chi connectivity index (χ0) is 20.3. The molecular weight excluding hydrogens is 376 g/mol. The predicted octanol–water partition coefficient (Wildman–Crippen LogP) is 4.32. The van der Waals surface area contributed by atoms with E-state index in [-0.39, 0.29) is 23.3 Å². The third kappa shape index (κ3) is 4.34. The number of fused-ring (bicyclic) bond motifs is 1. The van der Waals surface area contributed by atoms with Crippen molar-refractivity contribution >= 4 is 34.6 Å². The first-order chi connectivity index (χ1) is 13.4. The SMILES string of the molecule is Cc1cc(Cl)ccc1NC(=O)c1nc(C(=O)NCCC(C)C)n2ccccc12. The zero-order valence-corrected chi connectivity index (χ0v) is 16.9. The van der Waals surface area contributed by atoms with Gasteiger partial charge in [-0.3, -0.25) is 14.0 Å². The average Bonchev–Trinajstić information content (AvgIpc) is 3.03. The van der Waals surface area contributed by atoms with Gasteiger partial charge in [0.1, 0.15) is 0 Å². The Morgan fingerprint density at radius 2 is 1.96 bits per heavy atom. The Bertz CT molecular complexity index is 1030. The summed E-state index contributed by atoms with van der Waals surface area (Å²) in [5, 5.41) is 6.32. The van der Waals surface area contributed by atoms with Crippen molar-refractivity contribution < 1.29 is 9.59 Å². The lowest BCUT2D eigenvalue weighted by Gasteiger charge is -2.07. The lowest BCUT2D eigenvalue weighted by Crippen LogP contribution is -2.27. The molecule has 0 spiro atoms. The highest BCUT2D eigenvalue weighted by atomic mass is 35.5. The summed E-state index contributed by atoms with van der Waals surface area (Å²) in [6.07, 6.45) is 2.60. The third-order valence-corrected chi connectivity index (χ3v) is 4.65. The molecule has 2 amide bonds. The molecule has 0 unspecified atom stereocenters. The van der Waals surface area contributed by atoms with Gasteiger partial charge in [0, 0.05) is 23.5 Å². The van der Waals surface area contributed by atoms with Gasteiger partial charge in [-0.25, -0.2) is 4.98 Å². The highest BCUT2D eigenvalue weighted by Gasteiger charge is 2.21. The van der Waals surface area contributed by atoms with Gasteiger partial charge in [-0.05, 0) is 55.2 Å². The summed E-state index contributed by atoms with van der Waals surface area (Å²) in [6.45, 7) is 6.61. The highest BCUT2D eigenvalue weighted by molar-refractivity contribution is 6.30. The molecule has 0 atom stereocenters. The molecule has 6 nitrogen and oxygen atoms in total. The number of carbonyl (C=O) groups excluding carboxylic acids is 2. The van der Waals surface area contributed by atoms with Crippen LogP contribution in [0.25, 0.3) is 5.52 Å². The minimum absolute atomic E-state index is 0.192. The van der Waals surface area contributed by atoms with E-state index in [1.165, 1.54) is 0 Å². The Morgan fingerprint density at radius 3 is 2.68 bits per heavy atom. The summed E-state index contributed by atoms with van der Waals surface area (Å²) in [4.78, 5) is 29.8. The van der Waals surface area contributed by atoms with Gasteiger partial charge in [0.25, 0.3) is 11.8 Å². The Balaban J connectivity index is 1.89. The molecule has 0 fully saturated rings. The minimum Gasteiger partial charge on any atom is -0.349 e. The molecule has 7 heteroatoms. The second kappa shape index (κ2) is 8.44. The molecule has 0 bridgehead atoms. The minimum atomic E-state index is -0.379. The molecule has 0 aliphatic rings. The van der Waals surface area contributed by atoms with Crippen LogP contribution in [0.15, 0.2) is 42.6 Å². The Morgan fingerprint density at radius 1 is 1.18 bits per heavy atom. The van der Waals surface area contributed by atoms with E-state index in [0.717, 1.165) is 12.0 Å². The van der Waals surface area contributed by atoms with E-state index in [0.29, 0.717) is 28.7 Å². The van der Waals surface area contributed by atoms with Crippen LogP contribution in [0.4, 0.5) is 5.69 Å². The smallest absolute Gasteiger partial charge is 0.287 e. The fourth-order valence-corrected chi connectivity index (χ4v) is 3.09. The molecule has 0 saturated heterocycles. The van der Waals surface area contributed by atoms with Crippen molar-refractivity contribution in [2.24, 2.45) is 5.92 Å². The molecule has 3 aromatic rings. The average molecular weight is 399 g/mol. The van der Waals surface area contributed by atoms with Crippen molar-refractivity contribution in [1.82, 2.24) is 14.7 Å². The lowest BCUT2D eigenvalue weighted by molar-refractivity contribution is 0.0941. The lowest BCUT2D eigenvalue weighted by atomic mass is 10.1. The number of pyridine rings is 1. The van der Waals surface area contributed by atoms with Gasteiger partial charge in [0.15, 0.2) is 5.69 Å². The third-order valence-electron chi connectivity index (χ3n) is 4.41. The molecule has 3 rings (SSSR count). The number of nitrogens with zero attached hydrogens (tertiary/aromatic N) is 2. The number of aryl methyl sites for hydroxylation is 1. The van der Waals surface area contributed by atoms with Crippen LogP contribution in [-0.4, -0.2) is 27.7 Å². The number of anilines is 1. The van der Waals surface area contributed by atoms with Crippen LogP contribution in [0.5, 0.6) is 0 Å². The topological polar surface area (TPSA) is 75.5 Å². The normalized spacial score (nSPS) is 11.0. The number of rotatable bonds is 6. The standard InChI is InChI=1S/C21H23ClN4O2/c1-13(2)9-10-23-21(28)19-25-18(17-6-4-5-11-26(17)19)20(27)24-16-8-7-15(22)12-14(16)3/h4-8,11-13H,9-10H2,1-3H3,(H,23,28)(H,24,27). The van der Waals surface area contributed by atoms with Crippen molar-refractivity contribution in [3.05, 3.63) is 64.7 Å².